The lowest BCUT2D eigenvalue weighted by atomic mass is 9.99. The van der Waals surface area contributed by atoms with Crippen molar-refractivity contribution in [2.45, 2.75) is 57.5 Å². The normalized spacial score (nSPS) is 26.5. The summed E-state index contributed by atoms with van der Waals surface area (Å²) in [4.78, 5) is 65.6. The van der Waals surface area contributed by atoms with Crippen LogP contribution in [-0.2, 0) is 47.7 Å². The Kier molecular flexibility index (Phi) is 9.10. The highest BCUT2D eigenvalue weighted by Gasteiger charge is 2.53. The number of likely N-dealkylation sites (N-methyl/N-ethyl adjacent to an activating group) is 1. The minimum absolute atomic E-state index is 0.0885. The van der Waals surface area contributed by atoms with Crippen LogP contribution in [0.25, 0.3) is 6.08 Å². The zero-order valence-electron chi connectivity index (χ0n) is 20.7. The van der Waals surface area contributed by atoms with Gasteiger partial charge in [0.05, 0.1) is 6.26 Å². The Morgan fingerprint density at radius 1 is 1.00 bits per heavy atom. The highest BCUT2D eigenvalue weighted by Crippen LogP contribution is 2.37. The third-order valence-electron chi connectivity index (χ3n) is 5.02. The molecule has 37 heavy (non-hydrogen) atoms. The van der Waals surface area contributed by atoms with Gasteiger partial charge in [-0.3, -0.25) is 28.9 Å². The number of rotatable bonds is 7. The summed E-state index contributed by atoms with van der Waals surface area (Å²) in [5.41, 5.74) is -1.02. The molecule has 0 N–H and O–H groups in total. The second kappa shape index (κ2) is 12.1. The van der Waals surface area contributed by atoms with Crippen LogP contribution < -0.4 is 0 Å². The maximum absolute atomic E-state index is 12.7. The molecule has 0 radical (unpaired) electrons. The van der Waals surface area contributed by atoms with E-state index in [1.165, 1.54) is 31.2 Å². The number of amidine groups is 1. The SMILES string of the molecule is CC(=O)OC[C@H]1O[C@@H](SC2=N/C(=C/c3ccco3)C(=O)N2C)[C@H](OC(C)=O)[C@@H](OC(C)=O)[C@H]1OC(C)=O. The third kappa shape index (κ3) is 7.20. The van der Waals surface area contributed by atoms with Gasteiger partial charge in [-0.15, -0.1) is 0 Å². The van der Waals surface area contributed by atoms with Crippen molar-refractivity contribution in [3.8, 4) is 0 Å². The fourth-order valence-electron chi connectivity index (χ4n) is 3.58. The molecule has 14 heteroatoms. The molecule has 1 aromatic heterocycles. The molecule has 3 heterocycles. The highest BCUT2D eigenvalue weighted by atomic mass is 32.2. The summed E-state index contributed by atoms with van der Waals surface area (Å²) in [6, 6.07) is 3.31. The smallest absolute Gasteiger partial charge is 0.303 e. The van der Waals surface area contributed by atoms with Crippen molar-refractivity contribution in [3.05, 3.63) is 29.9 Å². The third-order valence-corrected chi connectivity index (χ3v) is 6.21. The maximum atomic E-state index is 12.7. The predicted molar refractivity (Wildman–Crippen MR) is 126 cm³/mol. The van der Waals surface area contributed by atoms with E-state index in [1.54, 1.807) is 12.1 Å². The fourth-order valence-corrected chi connectivity index (χ4v) is 4.72. The number of carbonyl (C=O) groups is 5. The van der Waals surface area contributed by atoms with Crippen molar-refractivity contribution in [2.24, 2.45) is 4.99 Å². The Balaban J connectivity index is 1.98. The molecule has 0 bridgehead atoms. The van der Waals surface area contributed by atoms with Gasteiger partial charge in [0.1, 0.15) is 24.2 Å². The van der Waals surface area contributed by atoms with Gasteiger partial charge in [0, 0.05) is 40.8 Å². The molecular formula is C23H26N2O11S. The van der Waals surface area contributed by atoms with E-state index in [-0.39, 0.29) is 17.5 Å². The lowest BCUT2D eigenvalue weighted by Crippen LogP contribution is -2.61. The molecule has 13 nitrogen and oxygen atoms in total. The van der Waals surface area contributed by atoms with E-state index in [0.29, 0.717) is 5.76 Å². The quantitative estimate of drug-likeness (QED) is 0.278. The number of ether oxygens (including phenoxy) is 5. The standard InChI is InChI=1S/C23H26N2O11S/c1-11(26)32-10-17-18(33-12(2)27)19(34-13(3)28)20(35-14(4)29)22(36-17)37-23-24-16(21(30)25(23)5)9-15-7-6-8-31-15/h6-9,17-20,22H,10H2,1-5H3/b16-9+/t17-,18+,19+,20-,22+/m1/s1. The summed E-state index contributed by atoms with van der Waals surface area (Å²) >= 11 is 0.908. The summed E-state index contributed by atoms with van der Waals surface area (Å²) in [6.45, 7) is 4.23. The molecular weight excluding hydrogens is 512 g/mol. The van der Waals surface area contributed by atoms with Crippen LogP contribution in [-0.4, -0.2) is 83.4 Å². The first-order valence-electron chi connectivity index (χ1n) is 11.0. The molecule has 0 aliphatic carbocycles. The molecule has 2 aliphatic heterocycles. The van der Waals surface area contributed by atoms with Crippen LogP contribution in [0.1, 0.15) is 33.5 Å². The highest BCUT2D eigenvalue weighted by molar-refractivity contribution is 8.14. The van der Waals surface area contributed by atoms with E-state index < -0.39 is 59.6 Å². The van der Waals surface area contributed by atoms with Crippen molar-refractivity contribution in [1.82, 2.24) is 4.90 Å². The predicted octanol–water partition coefficient (Wildman–Crippen LogP) is 1.26. The Labute approximate surface area is 216 Å². The van der Waals surface area contributed by atoms with Gasteiger partial charge in [0.2, 0.25) is 0 Å². The van der Waals surface area contributed by atoms with Crippen LogP contribution >= 0.6 is 11.8 Å². The van der Waals surface area contributed by atoms with E-state index in [2.05, 4.69) is 4.99 Å². The molecule has 0 saturated carbocycles. The second-order valence-corrected chi connectivity index (χ2v) is 9.05. The number of furan rings is 1. The van der Waals surface area contributed by atoms with Crippen molar-refractivity contribution in [3.63, 3.8) is 0 Å². The average molecular weight is 539 g/mol. The minimum Gasteiger partial charge on any atom is -0.465 e. The van der Waals surface area contributed by atoms with Crippen LogP contribution in [0, 0.1) is 0 Å². The van der Waals surface area contributed by atoms with Crippen LogP contribution in [0.4, 0.5) is 0 Å². The summed E-state index contributed by atoms with van der Waals surface area (Å²) < 4.78 is 32.6. The lowest BCUT2D eigenvalue weighted by molar-refractivity contribution is -0.237. The molecule has 1 amide bonds. The van der Waals surface area contributed by atoms with Crippen LogP contribution in [0.15, 0.2) is 33.5 Å². The number of thioether (sulfide) groups is 1. The number of amides is 1. The first-order valence-corrected chi connectivity index (χ1v) is 11.9. The second-order valence-electron chi connectivity index (χ2n) is 7.99. The molecule has 200 valence electrons. The van der Waals surface area contributed by atoms with E-state index in [0.717, 1.165) is 32.5 Å². The summed E-state index contributed by atoms with van der Waals surface area (Å²) in [5, 5.41) is 0.184. The van der Waals surface area contributed by atoms with Crippen molar-refractivity contribution >= 4 is 52.8 Å². The van der Waals surface area contributed by atoms with Crippen molar-refractivity contribution in [2.75, 3.05) is 13.7 Å². The zero-order chi connectivity index (χ0) is 27.3. The van der Waals surface area contributed by atoms with Crippen molar-refractivity contribution < 1.29 is 52.1 Å². The van der Waals surface area contributed by atoms with Crippen LogP contribution in [0.2, 0.25) is 0 Å². The number of hydrogen-bond acceptors (Lipinski definition) is 13. The zero-order valence-corrected chi connectivity index (χ0v) is 21.5. The topological polar surface area (TPSA) is 160 Å². The van der Waals surface area contributed by atoms with Crippen LogP contribution in [0.3, 0.4) is 0 Å². The number of hydrogen-bond donors (Lipinski definition) is 0. The first-order chi connectivity index (χ1) is 17.5. The Hall–Kier alpha value is -3.65. The molecule has 5 atom stereocenters. The van der Waals surface area contributed by atoms with E-state index in [1.807, 2.05) is 0 Å². The number of esters is 4. The van der Waals surface area contributed by atoms with Gasteiger partial charge in [-0.1, -0.05) is 11.8 Å². The Bertz CT molecular complexity index is 1110. The summed E-state index contributed by atoms with van der Waals surface area (Å²) in [5.74, 6) is -2.84. The van der Waals surface area contributed by atoms with Gasteiger partial charge in [-0.05, 0) is 12.1 Å². The van der Waals surface area contributed by atoms with Crippen molar-refractivity contribution in [1.29, 1.82) is 0 Å². The fraction of sp³-hybridized carbons (Fsp3) is 0.478. The largest absolute Gasteiger partial charge is 0.465 e. The van der Waals surface area contributed by atoms with E-state index in [4.69, 9.17) is 28.1 Å². The van der Waals surface area contributed by atoms with Gasteiger partial charge in [0.25, 0.3) is 5.91 Å². The van der Waals surface area contributed by atoms with Gasteiger partial charge in [0.15, 0.2) is 28.9 Å². The first kappa shape index (κ1) is 27.9. The molecule has 0 spiro atoms. The van der Waals surface area contributed by atoms with E-state index >= 15 is 0 Å². The Morgan fingerprint density at radius 2 is 1.62 bits per heavy atom. The molecule has 1 saturated heterocycles. The summed E-state index contributed by atoms with van der Waals surface area (Å²) in [7, 11) is 1.49. The Morgan fingerprint density at radius 3 is 2.19 bits per heavy atom. The number of aliphatic imine (C=N–C) groups is 1. The van der Waals surface area contributed by atoms with Gasteiger partial charge in [-0.2, -0.15) is 0 Å². The average Bonchev–Trinajstić information content (AvgIpc) is 3.40. The van der Waals surface area contributed by atoms with E-state index in [9.17, 15) is 24.0 Å². The van der Waals surface area contributed by atoms with Gasteiger partial charge < -0.3 is 28.1 Å². The van der Waals surface area contributed by atoms with Gasteiger partial charge >= 0.3 is 23.9 Å². The molecule has 2 aliphatic rings. The molecule has 3 rings (SSSR count). The number of nitrogens with zero attached hydrogens (tertiary/aromatic N) is 2. The molecule has 0 unspecified atom stereocenters. The maximum Gasteiger partial charge on any atom is 0.303 e. The summed E-state index contributed by atoms with van der Waals surface area (Å²) in [6.07, 6.45) is -2.08. The lowest BCUT2D eigenvalue weighted by Gasteiger charge is -2.44. The van der Waals surface area contributed by atoms with Crippen LogP contribution in [0.5, 0.6) is 0 Å². The monoisotopic (exact) mass is 538 g/mol. The molecule has 1 aromatic rings. The van der Waals surface area contributed by atoms with Gasteiger partial charge in [-0.25, -0.2) is 4.99 Å². The number of carbonyl (C=O) groups excluding carboxylic acids is 5. The molecule has 1 fully saturated rings. The minimum atomic E-state index is -1.32. The molecule has 0 aromatic carbocycles.